The third kappa shape index (κ3) is 5.04. The molecule has 146 valence electrons. The summed E-state index contributed by atoms with van der Waals surface area (Å²) in [6, 6.07) is 6.18. The van der Waals surface area contributed by atoms with E-state index in [1.807, 2.05) is 30.9 Å². The van der Waals surface area contributed by atoms with Crippen LogP contribution in [0.5, 0.6) is 11.5 Å². The van der Waals surface area contributed by atoms with Crippen LogP contribution in [0.4, 0.5) is 4.79 Å². The molecule has 0 saturated carbocycles. The Balaban J connectivity index is 2.19. The normalized spacial score (nSPS) is 16.0. The number of benzene rings is 1. The molecular formula is C20H33N3O3. The molecule has 1 aromatic carbocycles. The number of urea groups is 1. The lowest BCUT2D eigenvalue weighted by Crippen LogP contribution is -2.45. The molecule has 1 heterocycles. The van der Waals surface area contributed by atoms with Crippen molar-refractivity contribution in [2.75, 3.05) is 46.9 Å². The van der Waals surface area contributed by atoms with Gasteiger partial charge in [0, 0.05) is 19.6 Å². The maximum atomic E-state index is 12.4. The molecule has 0 aliphatic carbocycles. The second kappa shape index (κ2) is 10.3. The number of carbonyl (C=O) groups excluding carboxylic acids is 1. The minimum Gasteiger partial charge on any atom is -0.493 e. The summed E-state index contributed by atoms with van der Waals surface area (Å²) >= 11 is 0. The van der Waals surface area contributed by atoms with Crippen molar-refractivity contribution in [3.63, 3.8) is 0 Å². The van der Waals surface area contributed by atoms with E-state index in [0.717, 1.165) is 30.2 Å². The number of nitrogens with one attached hydrogen (secondary N) is 1. The molecule has 1 atom stereocenters. The molecule has 1 N–H and O–H groups in total. The van der Waals surface area contributed by atoms with Gasteiger partial charge in [0.1, 0.15) is 0 Å². The predicted octanol–water partition coefficient (Wildman–Crippen LogP) is 3.28. The van der Waals surface area contributed by atoms with Gasteiger partial charge in [-0.15, -0.1) is 0 Å². The molecule has 2 amide bonds. The average Bonchev–Trinajstić information content (AvgIpc) is 2.69. The van der Waals surface area contributed by atoms with Gasteiger partial charge in [-0.25, -0.2) is 4.79 Å². The Morgan fingerprint density at radius 3 is 2.35 bits per heavy atom. The first-order valence-corrected chi connectivity index (χ1v) is 9.63. The molecule has 1 aromatic rings. The molecule has 1 aliphatic heterocycles. The number of amides is 2. The first kappa shape index (κ1) is 20.4. The molecule has 1 saturated heterocycles. The largest absolute Gasteiger partial charge is 0.493 e. The number of carbonyl (C=O) groups is 1. The predicted molar refractivity (Wildman–Crippen MR) is 104 cm³/mol. The summed E-state index contributed by atoms with van der Waals surface area (Å²) < 4.78 is 10.8. The topological polar surface area (TPSA) is 54.0 Å². The summed E-state index contributed by atoms with van der Waals surface area (Å²) in [5.74, 6) is 1.45. The van der Waals surface area contributed by atoms with E-state index in [-0.39, 0.29) is 12.1 Å². The molecule has 2 rings (SSSR count). The van der Waals surface area contributed by atoms with E-state index in [0.29, 0.717) is 19.6 Å². The molecule has 0 aromatic heterocycles. The number of likely N-dealkylation sites (tertiary alicyclic amines) is 1. The third-order valence-corrected chi connectivity index (χ3v) is 5.12. The standard InChI is InChI=1S/C20H33N3O3/c1-5-22(6-2)20(24)21-15-17(23-12-8-7-9-13-23)16-10-11-18(25-3)19(14-16)26-4/h10-11,14,17H,5-9,12-13,15H2,1-4H3,(H,21,24). The number of methoxy groups -OCH3 is 2. The van der Waals surface area contributed by atoms with Crippen LogP contribution in [0.1, 0.15) is 44.7 Å². The Bertz CT molecular complexity index is 569. The quantitative estimate of drug-likeness (QED) is 0.770. The highest BCUT2D eigenvalue weighted by molar-refractivity contribution is 5.74. The van der Waals surface area contributed by atoms with Crippen LogP contribution in [0.15, 0.2) is 18.2 Å². The van der Waals surface area contributed by atoms with Gasteiger partial charge in [0.05, 0.1) is 20.3 Å². The van der Waals surface area contributed by atoms with Crippen molar-refractivity contribution in [2.24, 2.45) is 0 Å². The van der Waals surface area contributed by atoms with Crippen LogP contribution < -0.4 is 14.8 Å². The number of hydrogen-bond acceptors (Lipinski definition) is 4. The van der Waals surface area contributed by atoms with E-state index in [2.05, 4.69) is 16.3 Å². The summed E-state index contributed by atoms with van der Waals surface area (Å²) in [4.78, 5) is 16.7. The van der Waals surface area contributed by atoms with Crippen LogP contribution in [0.25, 0.3) is 0 Å². The van der Waals surface area contributed by atoms with Gasteiger partial charge in [0.15, 0.2) is 11.5 Å². The van der Waals surface area contributed by atoms with E-state index in [1.54, 1.807) is 14.2 Å². The van der Waals surface area contributed by atoms with Crippen LogP contribution in [0.3, 0.4) is 0 Å². The summed E-state index contributed by atoms with van der Waals surface area (Å²) in [5.41, 5.74) is 1.14. The van der Waals surface area contributed by atoms with Crippen LogP contribution >= 0.6 is 0 Å². The number of hydrogen-bond donors (Lipinski definition) is 1. The Labute approximate surface area is 157 Å². The van der Waals surface area contributed by atoms with Crippen molar-refractivity contribution in [3.8, 4) is 11.5 Å². The molecule has 0 spiro atoms. The lowest BCUT2D eigenvalue weighted by Gasteiger charge is -2.35. The van der Waals surface area contributed by atoms with Gasteiger partial charge in [0.25, 0.3) is 0 Å². The SMILES string of the molecule is CCN(CC)C(=O)NCC(c1ccc(OC)c(OC)c1)N1CCCCC1. The minimum absolute atomic E-state index is 0.00233. The van der Waals surface area contributed by atoms with Gasteiger partial charge in [-0.2, -0.15) is 0 Å². The van der Waals surface area contributed by atoms with Crippen LogP contribution in [0, 0.1) is 0 Å². The van der Waals surface area contributed by atoms with Crippen molar-refractivity contribution in [1.29, 1.82) is 0 Å². The van der Waals surface area contributed by atoms with Crippen LogP contribution in [-0.4, -0.2) is 62.8 Å². The van der Waals surface area contributed by atoms with Gasteiger partial charge < -0.3 is 19.7 Å². The number of rotatable bonds is 8. The molecule has 6 heteroatoms. The lowest BCUT2D eigenvalue weighted by molar-refractivity contribution is 0.155. The Hall–Kier alpha value is -1.95. The number of piperidine rings is 1. The highest BCUT2D eigenvalue weighted by Crippen LogP contribution is 2.32. The van der Waals surface area contributed by atoms with Gasteiger partial charge in [-0.05, 0) is 57.5 Å². The van der Waals surface area contributed by atoms with E-state index in [4.69, 9.17) is 9.47 Å². The van der Waals surface area contributed by atoms with Crippen molar-refractivity contribution in [2.45, 2.75) is 39.2 Å². The molecule has 6 nitrogen and oxygen atoms in total. The summed E-state index contributed by atoms with van der Waals surface area (Å²) in [7, 11) is 3.30. The highest BCUT2D eigenvalue weighted by Gasteiger charge is 2.24. The zero-order valence-corrected chi connectivity index (χ0v) is 16.6. The van der Waals surface area contributed by atoms with Gasteiger partial charge in [-0.1, -0.05) is 12.5 Å². The summed E-state index contributed by atoms with van der Waals surface area (Å²) in [5, 5.41) is 3.12. The molecule has 0 radical (unpaired) electrons. The lowest BCUT2D eigenvalue weighted by atomic mass is 10.0. The maximum absolute atomic E-state index is 12.4. The fourth-order valence-corrected chi connectivity index (χ4v) is 3.55. The number of ether oxygens (including phenoxy) is 2. The molecular weight excluding hydrogens is 330 g/mol. The fraction of sp³-hybridized carbons (Fsp3) is 0.650. The second-order valence-electron chi connectivity index (χ2n) is 6.59. The first-order valence-electron chi connectivity index (χ1n) is 9.63. The van der Waals surface area contributed by atoms with E-state index in [9.17, 15) is 4.79 Å². The minimum atomic E-state index is -0.00233. The Morgan fingerprint density at radius 2 is 1.77 bits per heavy atom. The summed E-state index contributed by atoms with van der Waals surface area (Å²) in [6.45, 7) is 8.13. The maximum Gasteiger partial charge on any atom is 0.317 e. The van der Waals surface area contributed by atoms with Crippen molar-refractivity contribution in [3.05, 3.63) is 23.8 Å². The monoisotopic (exact) mass is 363 g/mol. The van der Waals surface area contributed by atoms with Crippen molar-refractivity contribution < 1.29 is 14.3 Å². The second-order valence-corrected chi connectivity index (χ2v) is 6.59. The smallest absolute Gasteiger partial charge is 0.317 e. The highest BCUT2D eigenvalue weighted by atomic mass is 16.5. The molecule has 1 fully saturated rings. The fourth-order valence-electron chi connectivity index (χ4n) is 3.55. The molecule has 26 heavy (non-hydrogen) atoms. The van der Waals surface area contributed by atoms with Crippen LogP contribution in [-0.2, 0) is 0 Å². The number of nitrogens with zero attached hydrogens (tertiary/aromatic N) is 2. The summed E-state index contributed by atoms with van der Waals surface area (Å²) in [6.07, 6.45) is 3.68. The third-order valence-electron chi connectivity index (χ3n) is 5.12. The van der Waals surface area contributed by atoms with Crippen molar-refractivity contribution in [1.82, 2.24) is 15.1 Å². The van der Waals surface area contributed by atoms with Gasteiger partial charge in [-0.3, -0.25) is 4.90 Å². The zero-order chi connectivity index (χ0) is 18.9. The van der Waals surface area contributed by atoms with Gasteiger partial charge in [0.2, 0.25) is 0 Å². The van der Waals surface area contributed by atoms with E-state index >= 15 is 0 Å². The van der Waals surface area contributed by atoms with Gasteiger partial charge >= 0.3 is 6.03 Å². The van der Waals surface area contributed by atoms with Crippen molar-refractivity contribution >= 4 is 6.03 Å². The average molecular weight is 364 g/mol. The molecule has 0 bridgehead atoms. The zero-order valence-electron chi connectivity index (χ0n) is 16.6. The van der Waals surface area contributed by atoms with Crippen LogP contribution in [0.2, 0.25) is 0 Å². The molecule has 1 unspecified atom stereocenters. The van der Waals surface area contributed by atoms with E-state index in [1.165, 1.54) is 19.3 Å². The van der Waals surface area contributed by atoms with E-state index < -0.39 is 0 Å². The Morgan fingerprint density at radius 1 is 1.12 bits per heavy atom. The first-order chi connectivity index (χ1) is 12.6. The molecule has 1 aliphatic rings. The Kier molecular flexibility index (Phi) is 8.04.